The smallest absolute Gasteiger partial charge is 0.180 e. The lowest BCUT2D eigenvalue weighted by Gasteiger charge is -1.86. The molecule has 0 N–H and O–H groups in total. The molecular weight excluding hydrogens is 164 g/mol. The number of nitrogens with zero attached hydrogens (tertiary/aromatic N) is 2. The monoisotopic (exact) mass is 170 g/mol. The van der Waals surface area contributed by atoms with Crippen molar-refractivity contribution >= 4 is 23.6 Å². The molecule has 1 aromatic rings. The van der Waals surface area contributed by atoms with Crippen LogP contribution in [0.25, 0.3) is 6.20 Å². The van der Waals surface area contributed by atoms with Crippen LogP contribution in [0.15, 0.2) is 19.0 Å². The maximum atomic E-state index is 10.9. The predicted molar refractivity (Wildman–Crippen MR) is 43.7 cm³/mol. The molecule has 0 aromatic carbocycles. The number of halogens is 1. The third kappa shape index (κ3) is 1.68. The highest BCUT2D eigenvalue weighted by Gasteiger charge is 2.04. The van der Waals surface area contributed by atoms with Gasteiger partial charge in [-0.05, 0) is 0 Å². The number of ketones is 1. The molecule has 0 aliphatic heterocycles. The normalized spacial score (nSPS) is 9.55. The van der Waals surface area contributed by atoms with Crippen molar-refractivity contribution in [2.24, 2.45) is 0 Å². The second-order valence-electron chi connectivity index (χ2n) is 1.95. The van der Waals surface area contributed by atoms with Crippen LogP contribution in [0.2, 0.25) is 0 Å². The number of hydrogen-bond donors (Lipinski definition) is 0. The molecule has 11 heavy (non-hydrogen) atoms. The van der Waals surface area contributed by atoms with Gasteiger partial charge in [0.05, 0.1) is 17.6 Å². The second kappa shape index (κ2) is 3.34. The van der Waals surface area contributed by atoms with Crippen molar-refractivity contribution in [3.05, 3.63) is 24.5 Å². The quantitative estimate of drug-likeness (QED) is 0.508. The van der Waals surface area contributed by atoms with Crippen molar-refractivity contribution in [3.63, 3.8) is 0 Å². The van der Waals surface area contributed by atoms with Crippen LogP contribution in [0.1, 0.15) is 10.4 Å². The van der Waals surface area contributed by atoms with Crippen LogP contribution in [0, 0.1) is 0 Å². The van der Waals surface area contributed by atoms with Crippen LogP contribution in [0.3, 0.4) is 0 Å². The van der Waals surface area contributed by atoms with Gasteiger partial charge in [-0.25, -0.2) is 4.68 Å². The highest BCUT2D eigenvalue weighted by molar-refractivity contribution is 6.30. The van der Waals surface area contributed by atoms with Crippen molar-refractivity contribution in [3.8, 4) is 0 Å². The number of carbonyl (C=O) groups is 1. The standard InChI is InChI=1S/C7H7ClN2O/c1-2-10-5-6(4-9-10)7(11)3-8/h2,4-5H,1,3H2. The average Bonchev–Trinajstić information content (AvgIpc) is 2.50. The van der Waals surface area contributed by atoms with Crippen molar-refractivity contribution in [2.75, 3.05) is 5.88 Å². The van der Waals surface area contributed by atoms with E-state index < -0.39 is 0 Å². The summed E-state index contributed by atoms with van der Waals surface area (Å²) in [5.41, 5.74) is 0.514. The van der Waals surface area contributed by atoms with E-state index in [0.717, 1.165) is 0 Å². The molecule has 1 rings (SSSR count). The minimum atomic E-state index is -0.125. The molecular formula is C7H7ClN2O. The predicted octanol–water partition coefficient (Wildman–Crippen LogP) is 1.41. The Morgan fingerprint density at radius 3 is 3.09 bits per heavy atom. The fourth-order valence-electron chi connectivity index (χ4n) is 0.659. The lowest BCUT2D eigenvalue weighted by atomic mass is 10.3. The summed E-state index contributed by atoms with van der Waals surface area (Å²) in [6.07, 6.45) is 4.55. The molecule has 3 nitrogen and oxygen atoms in total. The van der Waals surface area contributed by atoms with Gasteiger partial charge in [0, 0.05) is 12.4 Å². The van der Waals surface area contributed by atoms with E-state index in [1.54, 1.807) is 6.20 Å². The number of hydrogen-bond acceptors (Lipinski definition) is 2. The van der Waals surface area contributed by atoms with Gasteiger partial charge >= 0.3 is 0 Å². The molecule has 0 amide bonds. The van der Waals surface area contributed by atoms with E-state index in [1.165, 1.54) is 17.1 Å². The first-order valence-electron chi connectivity index (χ1n) is 3.04. The number of aromatic nitrogens is 2. The Bertz CT molecular complexity index is 280. The van der Waals surface area contributed by atoms with Gasteiger partial charge in [0.15, 0.2) is 5.78 Å². The summed E-state index contributed by atoms with van der Waals surface area (Å²) in [5, 5.41) is 3.82. The Morgan fingerprint density at radius 2 is 2.64 bits per heavy atom. The van der Waals surface area contributed by atoms with Gasteiger partial charge in [-0.2, -0.15) is 5.10 Å². The molecule has 4 heteroatoms. The zero-order chi connectivity index (χ0) is 8.27. The molecule has 0 unspecified atom stereocenters. The summed E-state index contributed by atoms with van der Waals surface area (Å²) in [7, 11) is 0. The number of alkyl halides is 1. The maximum Gasteiger partial charge on any atom is 0.180 e. The first-order chi connectivity index (χ1) is 5.27. The van der Waals surface area contributed by atoms with Gasteiger partial charge < -0.3 is 0 Å². The average molecular weight is 171 g/mol. The van der Waals surface area contributed by atoms with Crippen LogP contribution in [0.4, 0.5) is 0 Å². The Labute approximate surface area is 69.3 Å². The molecule has 1 heterocycles. The minimum Gasteiger partial charge on any atom is -0.293 e. The highest BCUT2D eigenvalue weighted by Crippen LogP contribution is 2.00. The Hall–Kier alpha value is -1.09. The first-order valence-corrected chi connectivity index (χ1v) is 3.57. The summed E-state index contributed by atoms with van der Waals surface area (Å²) in [6.45, 7) is 3.49. The van der Waals surface area contributed by atoms with E-state index in [1.807, 2.05) is 0 Å². The van der Waals surface area contributed by atoms with E-state index >= 15 is 0 Å². The molecule has 0 aliphatic rings. The van der Waals surface area contributed by atoms with Crippen molar-refractivity contribution < 1.29 is 4.79 Å². The minimum absolute atomic E-state index is 0.0111. The van der Waals surface area contributed by atoms with E-state index in [4.69, 9.17) is 11.6 Å². The lowest BCUT2D eigenvalue weighted by molar-refractivity contribution is 0.102. The van der Waals surface area contributed by atoms with Crippen LogP contribution < -0.4 is 0 Å². The summed E-state index contributed by atoms with van der Waals surface area (Å²) < 4.78 is 1.46. The van der Waals surface area contributed by atoms with E-state index in [2.05, 4.69) is 11.7 Å². The second-order valence-corrected chi connectivity index (χ2v) is 2.22. The fourth-order valence-corrected chi connectivity index (χ4v) is 0.813. The van der Waals surface area contributed by atoms with Crippen molar-refractivity contribution in [2.45, 2.75) is 0 Å². The Balaban J connectivity index is 2.88. The zero-order valence-electron chi connectivity index (χ0n) is 5.83. The van der Waals surface area contributed by atoms with Gasteiger partial charge in [-0.15, -0.1) is 11.6 Å². The van der Waals surface area contributed by atoms with Gasteiger partial charge in [-0.1, -0.05) is 6.58 Å². The van der Waals surface area contributed by atoms with Gasteiger partial charge in [0.25, 0.3) is 0 Å². The first kappa shape index (κ1) is 8.01. The molecule has 0 fully saturated rings. The molecule has 0 atom stereocenters. The third-order valence-electron chi connectivity index (χ3n) is 1.23. The van der Waals surface area contributed by atoms with Crippen molar-refractivity contribution in [1.29, 1.82) is 0 Å². The Morgan fingerprint density at radius 1 is 1.91 bits per heavy atom. The third-order valence-corrected chi connectivity index (χ3v) is 1.47. The van der Waals surface area contributed by atoms with E-state index in [-0.39, 0.29) is 11.7 Å². The zero-order valence-corrected chi connectivity index (χ0v) is 6.58. The van der Waals surface area contributed by atoms with E-state index in [9.17, 15) is 4.79 Å². The summed E-state index contributed by atoms with van der Waals surface area (Å²) in [4.78, 5) is 10.9. The van der Waals surface area contributed by atoms with Crippen molar-refractivity contribution in [1.82, 2.24) is 9.78 Å². The van der Waals surface area contributed by atoms with Crippen LogP contribution in [-0.4, -0.2) is 21.4 Å². The molecule has 0 radical (unpaired) electrons. The van der Waals surface area contributed by atoms with Crippen LogP contribution in [-0.2, 0) is 0 Å². The summed E-state index contributed by atoms with van der Waals surface area (Å²) in [6, 6.07) is 0. The number of Topliss-reactive ketones (excluding diaryl/α,β-unsaturated/α-hetero) is 1. The molecule has 58 valence electrons. The highest BCUT2D eigenvalue weighted by atomic mass is 35.5. The molecule has 0 saturated carbocycles. The molecule has 0 saturated heterocycles. The SMILES string of the molecule is C=Cn1cc(C(=O)CCl)cn1. The molecule has 0 spiro atoms. The summed E-state index contributed by atoms with van der Waals surface area (Å²) >= 11 is 5.33. The summed E-state index contributed by atoms with van der Waals surface area (Å²) in [5.74, 6) is -0.136. The Kier molecular flexibility index (Phi) is 2.44. The van der Waals surface area contributed by atoms with E-state index in [0.29, 0.717) is 5.56 Å². The number of carbonyl (C=O) groups excluding carboxylic acids is 1. The van der Waals surface area contributed by atoms with Gasteiger partial charge in [0.2, 0.25) is 0 Å². The molecule has 1 aromatic heterocycles. The maximum absolute atomic E-state index is 10.9. The number of rotatable bonds is 3. The fraction of sp³-hybridized carbons (Fsp3) is 0.143. The molecule has 0 bridgehead atoms. The van der Waals surface area contributed by atoms with Gasteiger partial charge in [-0.3, -0.25) is 4.79 Å². The largest absolute Gasteiger partial charge is 0.293 e. The lowest BCUT2D eigenvalue weighted by Crippen LogP contribution is -1.97. The van der Waals surface area contributed by atoms with Gasteiger partial charge in [0.1, 0.15) is 0 Å². The van der Waals surface area contributed by atoms with Crippen LogP contribution >= 0.6 is 11.6 Å². The molecule has 0 aliphatic carbocycles. The van der Waals surface area contributed by atoms with Crippen LogP contribution in [0.5, 0.6) is 0 Å². The topological polar surface area (TPSA) is 34.9 Å².